The van der Waals surface area contributed by atoms with Crippen LogP contribution in [0.5, 0.6) is 0 Å². The van der Waals surface area contributed by atoms with E-state index in [0.717, 1.165) is 34.1 Å². The van der Waals surface area contributed by atoms with Gasteiger partial charge in [-0.15, -0.1) is 11.3 Å². The Labute approximate surface area is 293 Å². The van der Waals surface area contributed by atoms with Crippen LogP contribution in [0.1, 0.15) is 17.5 Å². The molecule has 2 heterocycles. The number of furan rings is 1. The summed E-state index contributed by atoms with van der Waals surface area (Å²) in [6.45, 7) is 0. The summed E-state index contributed by atoms with van der Waals surface area (Å²) < 4.78 is 9.14. The summed E-state index contributed by atoms with van der Waals surface area (Å²) in [6.07, 6.45) is 1.47. The zero-order valence-corrected chi connectivity index (χ0v) is 28.1. The van der Waals surface area contributed by atoms with Crippen LogP contribution in [0.3, 0.4) is 0 Å². The first kappa shape index (κ1) is 28.9. The first-order valence-corrected chi connectivity index (χ1v) is 17.9. The van der Waals surface area contributed by atoms with Gasteiger partial charge in [0.05, 0.1) is 0 Å². The molecule has 2 aromatic heterocycles. The lowest BCUT2D eigenvalue weighted by Gasteiger charge is -2.14. The molecule has 236 valence electrons. The first-order chi connectivity index (χ1) is 24.7. The third-order valence-electron chi connectivity index (χ3n) is 10.2. The van der Waals surface area contributed by atoms with Crippen molar-refractivity contribution in [3.63, 3.8) is 0 Å². The largest absolute Gasteiger partial charge is 0.456 e. The number of benzene rings is 8. The van der Waals surface area contributed by atoms with E-state index in [1.165, 1.54) is 69.4 Å². The lowest BCUT2D eigenvalue weighted by Crippen LogP contribution is -2.01. The average molecular weight is 658 g/mol. The molecule has 0 unspecified atom stereocenters. The van der Waals surface area contributed by atoms with Crippen molar-refractivity contribution in [3.05, 3.63) is 169 Å². The Morgan fingerprint density at radius 1 is 0.500 bits per heavy atom. The van der Waals surface area contributed by atoms with Crippen LogP contribution in [-0.4, -0.2) is 5.71 Å². The third-order valence-corrected chi connectivity index (χ3v) is 11.3. The summed E-state index contributed by atoms with van der Waals surface area (Å²) in [5.74, 6) is 0. The monoisotopic (exact) mass is 657 g/mol. The molecule has 0 radical (unpaired) electrons. The molecule has 0 bridgehead atoms. The summed E-state index contributed by atoms with van der Waals surface area (Å²) in [5.41, 5.74) is 9.34. The Hall–Kier alpha value is -6.03. The van der Waals surface area contributed by atoms with Crippen LogP contribution in [0.2, 0.25) is 0 Å². The van der Waals surface area contributed by atoms with E-state index >= 15 is 0 Å². The highest BCUT2D eigenvalue weighted by atomic mass is 32.1. The van der Waals surface area contributed by atoms with Crippen LogP contribution in [-0.2, 0) is 6.42 Å². The molecule has 1 N–H and O–H groups in total. The van der Waals surface area contributed by atoms with Gasteiger partial charge in [0.2, 0.25) is 0 Å². The number of hydrogen-bond acceptors (Lipinski definition) is 3. The van der Waals surface area contributed by atoms with Gasteiger partial charge in [0, 0.05) is 36.7 Å². The van der Waals surface area contributed by atoms with E-state index in [2.05, 4.69) is 127 Å². The molecule has 0 amide bonds. The number of aryl methyl sites for hydroxylation is 1. The van der Waals surface area contributed by atoms with Crippen molar-refractivity contribution >= 4 is 80.7 Å². The molecule has 8 aromatic carbocycles. The molecule has 0 saturated heterocycles. The van der Waals surface area contributed by atoms with Crippen molar-refractivity contribution in [3.8, 4) is 22.3 Å². The van der Waals surface area contributed by atoms with Gasteiger partial charge in [0.15, 0.2) is 0 Å². The van der Waals surface area contributed by atoms with E-state index in [0.29, 0.717) is 12.1 Å². The van der Waals surface area contributed by atoms with Crippen molar-refractivity contribution in [1.82, 2.24) is 0 Å². The van der Waals surface area contributed by atoms with E-state index in [4.69, 9.17) is 9.83 Å². The smallest absolute Gasteiger partial charge is 0.136 e. The maximum atomic E-state index is 8.74. The van der Waals surface area contributed by atoms with Crippen LogP contribution in [0.4, 0.5) is 0 Å². The predicted octanol–water partition coefficient (Wildman–Crippen LogP) is 13.6. The first-order valence-electron chi connectivity index (χ1n) is 17.1. The van der Waals surface area contributed by atoms with Gasteiger partial charge in [-0.3, -0.25) is 0 Å². The molecule has 0 atom stereocenters. The number of fused-ring (bicyclic) bond motifs is 9. The highest BCUT2D eigenvalue weighted by Crippen LogP contribution is 2.42. The number of nitrogens with one attached hydrogen (secondary N) is 1. The SMILES string of the molecule is N=C(CCc1ccc(-c2ccc3sc4cc5ccccc5cc4c3c2)c(-c2ccc3c(c2)oc2ccc4ccccc4c23)c1)c1ccccc1. The summed E-state index contributed by atoms with van der Waals surface area (Å²) in [7, 11) is 0. The molecule has 0 fully saturated rings. The van der Waals surface area contributed by atoms with Gasteiger partial charge >= 0.3 is 0 Å². The predicted molar refractivity (Wildman–Crippen MR) is 214 cm³/mol. The van der Waals surface area contributed by atoms with E-state index < -0.39 is 0 Å². The van der Waals surface area contributed by atoms with Gasteiger partial charge < -0.3 is 9.83 Å². The molecule has 0 aliphatic carbocycles. The average Bonchev–Trinajstić information content (AvgIpc) is 3.73. The summed E-state index contributed by atoms with van der Waals surface area (Å²) in [4.78, 5) is 0. The Balaban J connectivity index is 1.12. The lowest BCUT2D eigenvalue weighted by atomic mass is 9.90. The molecule has 10 rings (SSSR count). The fourth-order valence-electron chi connectivity index (χ4n) is 7.63. The Kier molecular flexibility index (Phi) is 6.68. The Morgan fingerprint density at radius 2 is 1.24 bits per heavy atom. The second-order valence-corrected chi connectivity index (χ2v) is 14.3. The fourth-order valence-corrected chi connectivity index (χ4v) is 8.75. The topological polar surface area (TPSA) is 37.0 Å². The zero-order chi connectivity index (χ0) is 33.2. The van der Waals surface area contributed by atoms with Crippen molar-refractivity contribution in [2.75, 3.05) is 0 Å². The van der Waals surface area contributed by atoms with Gasteiger partial charge in [-0.05, 0) is 110 Å². The van der Waals surface area contributed by atoms with E-state index in [1.54, 1.807) is 0 Å². The third kappa shape index (κ3) is 4.81. The summed E-state index contributed by atoms with van der Waals surface area (Å²) in [6, 6.07) is 56.6. The zero-order valence-electron chi connectivity index (χ0n) is 27.2. The Morgan fingerprint density at radius 3 is 2.12 bits per heavy atom. The van der Waals surface area contributed by atoms with Crippen molar-refractivity contribution in [2.24, 2.45) is 0 Å². The van der Waals surface area contributed by atoms with E-state index in [1.807, 2.05) is 41.7 Å². The van der Waals surface area contributed by atoms with Gasteiger partial charge in [-0.2, -0.15) is 0 Å². The highest BCUT2D eigenvalue weighted by molar-refractivity contribution is 7.25. The molecule has 3 heteroatoms. The summed E-state index contributed by atoms with van der Waals surface area (Å²) in [5, 5.41) is 18.6. The molecular weight excluding hydrogens is 627 g/mol. The van der Waals surface area contributed by atoms with Crippen molar-refractivity contribution < 1.29 is 4.42 Å². The quantitative estimate of drug-likeness (QED) is 0.178. The van der Waals surface area contributed by atoms with Gasteiger partial charge in [0.1, 0.15) is 11.2 Å². The number of rotatable bonds is 6. The minimum atomic E-state index is 0.662. The second-order valence-electron chi connectivity index (χ2n) is 13.2. The minimum absolute atomic E-state index is 0.662. The molecule has 10 aromatic rings. The van der Waals surface area contributed by atoms with Crippen molar-refractivity contribution in [1.29, 1.82) is 5.41 Å². The molecule has 2 nitrogen and oxygen atoms in total. The van der Waals surface area contributed by atoms with Crippen LogP contribution >= 0.6 is 11.3 Å². The Bertz CT molecular complexity index is 2950. The normalized spacial score (nSPS) is 11.8. The summed E-state index contributed by atoms with van der Waals surface area (Å²) >= 11 is 1.86. The number of thiophene rings is 1. The second kappa shape index (κ2) is 11.5. The van der Waals surface area contributed by atoms with Gasteiger partial charge in [-0.1, -0.05) is 115 Å². The maximum Gasteiger partial charge on any atom is 0.136 e. The number of hydrogen-bond donors (Lipinski definition) is 1. The lowest BCUT2D eigenvalue weighted by molar-refractivity contribution is 0.669. The van der Waals surface area contributed by atoms with E-state index in [9.17, 15) is 0 Å². The molecule has 50 heavy (non-hydrogen) atoms. The molecule has 0 aliphatic rings. The van der Waals surface area contributed by atoms with Crippen LogP contribution in [0.15, 0.2) is 162 Å². The van der Waals surface area contributed by atoms with Crippen LogP contribution < -0.4 is 0 Å². The molecular formula is C47H31NOS. The minimum Gasteiger partial charge on any atom is -0.456 e. The van der Waals surface area contributed by atoms with Crippen molar-refractivity contribution in [2.45, 2.75) is 12.8 Å². The molecule has 0 saturated carbocycles. The van der Waals surface area contributed by atoms with Crippen LogP contribution in [0, 0.1) is 5.41 Å². The van der Waals surface area contributed by atoms with Gasteiger partial charge in [0.25, 0.3) is 0 Å². The standard InChI is InChI=1S/C47H31NOS/c48-42(31-9-2-1-3-10-31)21-15-29-14-19-36(34-18-23-45-40(26-34)41-25-32-11-4-5-12-33(32)28-46(41)50-45)39(24-29)35-16-20-38-44(27-35)49-43-22-17-30-8-6-7-13-37(30)47(38)43/h1-14,16-20,22-28,48H,15,21H2. The van der Waals surface area contributed by atoms with E-state index in [-0.39, 0.29) is 0 Å². The highest BCUT2D eigenvalue weighted by Gasteiger charge is 2.16. The van der Waals surface area contributed by atoms with Crippen LogP contribution in [0.25, 0.3) is 85.9 Å². The maximum absolute atomic E-state index is 8.74. The molecule has 0 spiro atoms. The van der Waals surface area contributed by atoms with Gasteiger partial charge in [-0.25, -0.2) is 0 Å². The molecule has 0 aliphatic heterocycles. The fraction of sp³-hybridized carbons (Fsp3) is 0.0426.